The van der Waals surface area contributed by atoms with Gasteiger partial charge < -0.3 is 20.6 Å². The van der Waals surface area contributed by atoms with Gasteiger partial charge in [-0.15, -0.1) is 12.4 Å². The molecule has 1 saturated heterocycles. The van der Waals surface area contributed by atoms with E-state index in [4.69, 9.17) is 17.3 Å². The predicted molar refractivity (Wildman–Crippen MR) is 129 cm³/mol. The summed E-state index contributed by atoms with van der Waals surface area (Å²) in [7, 11) is 3.99. The fourth-order valence-corrected chi connectivity index (χ4v) is 4.74. The van der Waals surface area contributed by atoms with Gasteiger partial charge in [0.1, 0.15) is 5.82 Å². The van der Waals surface area contributed by atoms with Crippen molar-refractivity contribution in [3.05, 3.63) is 70.0 Å². The number of benzene rings is 2. The molecule has 1 fully saturated rings. The molecule has 5 nitrogen and oxygen atoms in total. The third-order valence-electron chi connectivity index (χ3n) is 6.13. The average Bonchev–Trinajstić information content (AvgIpc) is 2.71. The van der Waals surface area contributed by atoms with Gasteiger partial charge in [0, 0.05) is 36.1 Å². The molecule has 1 aliphatic rings. The van der Waals surface area contributed by atoms with E-state index in [1.165, 1.54) is 12.1 Å². The second kappa shape index (κ2) is 11.4. The Balaban J connectivity index is 0.00000363. The highest BCUT2D eigenvalue weighted by molar-refractivity contribution is 6.31. The lowest BCUT2D eigenvalue weighted by Gasteiger charge is -2.46. The topological polar surface area (TPSA) is 69.8 Å². The van der Waals surface area contributed by atoms with Crippen LogP contribution in [0.4, 0.5) is 4.39 Å². The van der Waals surface area contributed by atoms with Crippen LogP contribution < -0.4 is 5.73 Å². The van der Waals surface area contributed by atoms with Crippen LogP contribution in [0.1, 0.15) is 34.3 Å². The number of primary amides is 1. The molecule has 8 heteroatoms. The minimum atomic E-state index is -1.02. The zero-order valence-corrected chi connectivity index (χ0v) is 20.1. The summed E-state index contributed by atoms with van der Waals surface area (Å²) in [5.74, 6) is -0.837. The summed E-state index contributed by atoms with van der Waals surface area (Å²) in [6.45, 7) is 3.08. The number of carbonyl (C=O) groups is 1. The number of likely N-dealkylation sites (tertiary alicyclic amines) is 1. The maximum atomic E-state index is 13.2. The lowest BCUT2D eigenvalue weighted by Crippen LogP contribution is -2.53. The number of rotatable bonds is 8. The molecular weight excluding hydrogens is 452 g/mol. The van der Waals surface area contributed by atoms with E-state index >= 15 is 0 Å². The van der Waals surface area contributed by atoms with E-state index < -0.39 is 11.5 Å². The summed E-state index contributed by atoms with van der Waals surface area (Å²) in [6, 6.07) is 11.6. The first-order chi connectivity index (χ1) is 14.7. The lowest BCUT2D eigenvalue weighted by atomic mass is 9.75. The van der Waals surface area contributed by atoms with Crippen molar-refractivity contribution >= 4 is 29.9 Å². The third kappa shape index (κ3) is 6.42. The first kappa shape index (κ1) is 26.6. The molecule has 32 heavy (non-hydrogen) atoms. The zero-order chi connectivity index (χ0) is 22.6. The van der Waals surface area contributed by atoms with Crippen LogP contribution in [0.25, 0.3) is 0 Å². The van der Waals surface area contributed by atoms with Gasteiger partial charge in [0.05, 0.1) is 5.60 Å². The molecule has 0 radical (unpaired) electrons. The van der Waals surface area contributed by atoms with Gasteiger partial charge in [-0.05, 0) is 75.3 Å². The van der Waals surface area contributed by atoms with Crippen LogP contribution in [-0.4, -0.2) is 61.1 Å². The second-order valence-corrected chi connectivity index (χ2v) is 9.13. The van der Waals surface area contributed by atoms with E-state index in [2.05, 4.69) is 9.80 Å². The van der Waals surface area contributed by atoms with Gasteiger partial charge in [0.15, 0.2) is 0 Å². The molecule has 0 bridgehead atoms. The molecule has 0 aliphatic carbocycles. The highest BCUT2D eigenvalue weighted by Crippen LogP contribution is 2.38. The number of amides is 1. The summed E-state index contributed by atoms with van der Waals surface area (Å²) >= 11 is 6.15. The Labute approximate surface area is 200 Å². The molecule has 0 spiro atoms. The van der Waals surface area contributed by atoms with Gasteiger partial charge in [-0.3, -0.25) is 4.79 Å². The number of carbonyl (C=O) groups excluding carboxylic acids is 1. The number of hydrogen-bond acceptors (Lipinski definition) is 4. The quantitative estimate of drug-likeness (QED) is 0.600. The Morgan fingerprint density at radius 2 is 2.06 bits per heavy atom. The van der Waals surface area contributed by atoms with Crippen molar-refractivity contribution in [2.24, 2.45) is 11.7 Å². The predicted octanol–water partition coefficient (Wildman–Crippen LogP) is 3.70. The number of piperidine rings is 1. The van der Waals surface area contributed by atoms with Crippen LogP contribution in [0, 0.1) is 11.7 Å². The Morgan fingerprint density at radius 1 is 1.31 bits per heavy atom. The van der Waals surface area contributed by atoms with Crippen LogP contribution in [0.15, 0.2) is 42.5 Å². The summed E-state index contributed by atoms with van der Waals surface area (Å²) in [5, 5.41) is 12.1. The molecule has 176 valence electrons. The van der Waals surface area contributed by atoms with E-state index in [1.807, 2.05) is 20.2 Å². The highest BCUT2D eigenvalue weighted by atomic mass is 35.5. The summed E-state index contributed by atoms with van der Waals surface area (Å²) in [6.07, 6.45) is 2.25. The Bertz CT molecular complexity index is 928. The normalized spacial score (nSPS) is 21.4. The molecule has 1 aliphatic heterocycles. The summed E-state index contributed by atoms with van der Waals surface area (Å²) < 4.78 is 13.2. The molecule has 0 aromatic heterocycles. The molecule has 0 saturated carbocycles. The van der Waals surface area contributed by atoms with Gasteiger partial charge in [-0.2, -0.15) is 0 Å². The van der Waals surface area contributed by atoms with Crippen LogP contribution in [0.2, 0.25) is 5.02 Å². The molecule has 2 aromatic carbocycles. The van der Waals surface area contributed by atoms with E-state index in [0.29, 0.717) is 17.0 Å². The largest absolute Gasteiger partial charge is 0.385 e. The SMILES string of the molecule is CN(C)C[C@H]1CN(CCCc2ccc(F)cc2Cl)CC[C@]1(O)c1cccc(C(N)=O)c1.Cl. The summed E-state index contributed by atoms with van der Waals surface area (Å²) in [4.78, 5) is 16.1. The van der Waals surface area contributed by atoms with Crippen molar-refractivity contribution in [3.63, 3.8) is 0 Å². The fraction of sp³-hybridized carbons (Fsp3) is 0.458. The van der Waals surface area contributed by atoms with Crippen molar-refractivity contribution < 1.29 is 14.3 Å². The molecule has 0 unspecified atom stereocenters. The number of nitrogens with two attached hydrogens (primary N) is 1. The first-order valence-corrected chi connectivity index (χ1v) is 11.0. The highest BCUT2D eigenvalue weighted by Gasteiger charge is 2.43. The fourth-order valence-electron chi connectivity index (χ4n) is 4.48. The number of nitrogens with zero attached hydrogens (tertiary/aromatic N) is 2. The minimum Gasteiger partial charge on any atom is -0.385 e. The van der Waals surface area contributed by atoms with Crippen molar-refractivity contribution in [1.82, 2.24) is 9.80 Å². The van der Waals surface area contributed by atoms with Crippen LogP contribution >= 0.6 is 24.0 Å². The molecule has 2 aromatic rings. The van der Waals surface area contributed by atoms with Gasteiger partial charge in [0.2, 0.25) is 5.91 Å². The van der Waals surface area contributed by atoms with Crippen LogP contribution in [0.3, 0.4) is 0 Å². The minimum absolute atomic E-state index is 0. The standard InChI is InChI=1S/C24H31ClFN3O2.ClH/c1-28(2)15-20-16-29(11-4-6-17-8-9-21(26)14-22(17)25)12-10-24(20,31)19-7-3-5-18(13-19)23(27)30;/h3,5,7-9,13-14,20,31H,4,6,10-12,15-16H2,1-2H3,(H2,27,30);1H/t20-,24-;/m0./s1. The smallest absolute Gasteiger partial charge is 0.248 e. The number of aryl methyl sites for hydroxylation is 1. The Hall–Kier alpha value is -1.70. The van der Waals surface area contributed by atoms with Crippen molar-refractivity contribution in [3.8, 4) is 0 Å². The van der Waals surface area contributed by atoms with Crippen molar-refractivity contribution in [2.45, 2.75) is 24.9 Å². The van der Waals surface area contributed by atoms with Crippen molar-refractivity contribution in [1.29, 1.82) is 0 Å². The number of hydrogen-bond donors (Lipinski definition) is 2. The van der Waals surface area contributed by atoms with E-state index in [1.54, 1.807) is 24.3 Å². The van der Waals surface area contributed by atoms with Gasteiger partial charge in [-0.25, -0.2) is 4.39 Å². The third-order valence-corrected chi connectivity index (χ3v) is 6.48. The maximum Gasteiger partial charge on any atom is 0.248 e. The molecular formula is C24H32Cl2FN3O2. The lowest BCUT2D eigenvalue weighted by molar-refractivity contribution is -0.0846. The summed E-state index contributed by atoms with van der Waals surface area (Å²) in [5.41, 5.74) is 6.53. The van der Waals surface area contributed by atoms with E-state index in [9.17, 15) is 14.3 Å². The molecule has 2 atom stereocenters. The van der Waals surface area contributed by atoms with Gasteiger partial charge in [-0.1, -0.05) is 29.8 Å². The number of halogens is 3. The van der Waals surface area contributed by atoms with Crippen molar-refractivity contribution in [2.75, 3.05) is 40.3 Å². The molecule has 1 heterocycles. The van der Waals surface area contributed by atoms with E-state index in [-0.39, 0.29) is 24.1 Å². The first-order valence-electron chi connectivity index (χ1n) is 10.6. The zero-order valence-electron chi connectivity index (χ0n) is 18.6. The Morgan fingerprint density at radius 3 is 2.72 bits per heavy atom. The van der Waals surface area contributed by atoms with Crippen LogP contribution in [0.5, 0.6) is 0 Å². The average molecular weight is 484 g/mol. The molecule has 1 amide bonds. The second-order valence-electron chi connectivity index (χ2n) is 8.72. The van der Waals surface area contributed by atoms with Gasteiger partial charge >= 0.3 is 0 Å². The maximum absolute atomic E-state index is 13.2. The van der Waals surface area contributed by atoms with Gasteiger partial charge in [0.25, 0.3) is 0 Å². The van der Waals surface area contributed by atoms with E-state index in [0.717, 1.165) is 50.1 Å². The monoisotopic (exact) mass is 483 g/mol. The number of aliphatic hydroxyl groups is 1. The molecule has 3 rings (SSSR count). The Kier molecular flexibility index (Phi) is 9.49. The molecule has 3 N–H and O–H groups in total. The van der Waals surface area contributed by atoms with Crippen LogP contribution in [-0.2, 0) is 12.0 Å².